The van der Waals surface area contributed by atoms with E-state index in [-0.39, 0.29) is 0 Å². The quantitative estimate of drug-likeness (QED) is 0.678. The van der Waals surface area contributed by atoms with E-state index in [9.17, 15) is 4.39 Å². The van der Waals surface area contributed by atoms with Crippen molar-refractivity contribution < 1.29 is 4.39 Å². The summed E-state index contributed by atoms with van der Waals surface area (Å²) in [4.78, 5) is 5.70. The van der Waals surface area contributed by atoms with E-state index in [0.717, 1.165) is 18.7 Å². The number of hydrogen-bond donors (Lipinski definition) is 0. The molecular formula is C13H11FN2. The highest BCUT2D eigenvalue weighted by molar-refractivity contribution is 5.69. The van der Waals surface area contributed by atoms with E-state index in [0.29, 0.717) is 0 Å². The number of rotatable bonds is 1. The second-order valence-corrected chi connectivity index (χ2v) is 3.87. The van der Waals surface area contributed by atoms with Crippen molar-refractivity contribution in [1.29, 1.82) is 0 Å². The van der Waals surface area contributed by atoms with Crippen molar-refractivity contribution in [2.45, 2.75) is 6.42 Å². The zero-order chi connectivity index (χ0) is 11.0. The van der Waals surface area contributed by atoms with Crippen LogP contribution in [0.15, 0.2) is 42.6 Å². The molecule has 0 atom stereocenters. The van der Waals surface area contributed by atoms with Gasteiger partial charge in [0.2, 0.25) is 5.95 Å². The summed E-state index contributed by atoms with van der Waals surface area (Å²) >= 11 is 0. The molecule has 2 nitrogen and oxygen atoms in total. The van der Waals surface area contributed by atoms with E-state index in [1.165, 1.54) is 23.5 Å². The lowest BCUT2D eigenvalue weighted by molar-refractivity contribution is 0.583. The molecular weight excluding hydrogens is 203 g/mol. The normalized spacial score (nSPS) is 13.9. The van der Waals surface area contributed by atoms with Crippen LogP contribution in [0.25, 0.3) is 0 Å². The first-order valence-electron chi connectivity index (χ1n) is 5.31. The maximum Gasteiger partial charge on any atom is 0.214 e. The molecule has 0 aliphatic carbocycles. The van der Waals surface area contributed by atoms with Crippen molar-refractivity contribution >= 4 is 11.4 Å². The molecule has 0 saturated carbocycles. The molecule has 0 unspecified atom stereocenters. The Bertz CT molecular complexity index is 525. The Hall–Kier alpha value is -1.90. The van der Waals surface area contributed by atoms with Crippen LogP contribution >= 0.6 is 0 Å². The first kappa shape index (κ1) is 9.33. The van der Waals surface area contributed by atoms with Gasteiger partial charge >= 0.3 is 0 Å². The molecule has 2 aromatic rings. The Morgan fingerprint density at radius 2 is 2.06 bits per heavy atom. The van der Waals surface area contributed by atoms with E-state index in [2.05, 4.69) is 22.0 Å². The molecule has 1 aliphatic heterocycles. The first-order chi connectivity index (χ1) is 7.84. The Morgan fingerprint density at radius 3 is 2.94 bits per heavy atom. The summed E-state index contributed by atoms with van der Waals surface area (Å²) in [6, 6.07) is 11.5. The van der Waals surface area contributed by atoms with Crippen LogP contribution < -0.4 is 4.90 Å². The van der Waals surface area contributed by atoms with Gasteiger partial charge in [0, 0.05) is 30.2 Å². The van der Waals surface area contributed by atoms with Crippen LogP contribution in [0.1, 0.15) is 5.56 Å². The Labute approximate surface area is 93.4 Å². The number of fused-ring (bicyclic) bond motifs is 1. The van der Waals surface area contributed by atoms with E-state index in [1.807, 2.05) is 18.2 Å². The summed E-state index contributed by atoms with van der Waals surface area (Å²) in [6.07, 6.45) is 2.52. The second kappa shape index (κ2) is 3.59. The summed E-state index contributed by atoms with van der Waals surface area (Å²) < 4.78 is 13.1. The average Bonchev–Trinajstić information content (AvgIpc) is 2.72. The van der Waals surface area contributed by atoms with Crippen molar-refractivity contribution in [3.8, 4) is 0 Å². The third-order valence-corrected chi connectivity index (χ3v) is 2.91. The van der Waals surface area contributed by atoms with Crippen LogP contribution in [0.2, 0.25) is 0 Å². The summed E-state index contributed by atoms with van der Waals surface area (Å²) in [7, 11) is 0. The highest BCUT2D eigenvalue weighted by atomic mass is 19.1. The van der Waals surface area contributed by atoms with Gasteiger partial charge in [0.15, 0.2) is 0 Å². The topological polar surface area (TPSA) is 16.1 Å². The molecule has 0 radical (unpaired) electrons. The minimum atomic E-state index is -0.429. The van der Waals surface area contributed by atoms with Crippen molar-refractivity contribution in [2.75, 3.05) is 11.4 Å². The van der Waals surface area contributed by atoms with Gasteiger partial charge in [-0.15, -0.1) is 0 Å². The summed E-state index contributed by atoms with van der Waals surface area (Å²) in [5.74, 6) is -0.429. The molecule has 0 spiro atoms. The molecule has 1 aromatic heterocycles. The molecule has 0 bridgehead atoms. The Morgan fingerprint density at radius 1 is 1.19 bits per heavy atom. The Kier molecular flexibility index (Phi) is 2.10. The number of pyridine rings is 1. The van der Waals surface area contributed by atoms with Crippen LogP contribution in [0, 0.1) is 5.95 Å². The number of nitrogens with zero attached hydrogens (tertiary/aromatic N) is 2. The number of aromatic nitrogens is 1. The lowest BCUT2D eigenvalue weighted by Crippen LogP contribution is -2.13. The smallest absolute Gasteiger partial charge is 0.214 e. The summed E-state index contributed by atoms with van der Waals surface area (Å²) in [5, 5.41) is 0. The van der Waals surface area contributed by atoms with Crippen molar-refractivity contribution in [1.82, 2.24) is 4.98 Å². The molecule has 0 saturated heterocycles. The lowest BCUT2D eigenvalue weighted by Gasteiger charge is -2.19. The van der Waals surface area contributed by atoms with Gasteiger partial charge < -0.3 is 4.90 Å². The number of anilines is 2. The highest BCUT2D eigenvalue weighted by Crippen LogP contribution is 2.33. The zero-order valence-electron chi connectivity index (χ0n) is 8.73. The van der Waals surface area contributed by atoms with Gasteiger partial charge in [0.25, 0.3) is 0 Å². The van der Waals surface area contributed by atoms with Gasteiger partial charge in [-0.2, -0.15) is 4.39 Å². The van der Waals surface area contributed by atoms with Crippen LogP contribution in [-0.2, 0) is 6.42 Å². The Balaban J connectivity index is 2.05. The maximum atomic E-state index is 13.1. The number of benzene rings is 1. The van der Waals surface area contributed by atoms with Gasteiger partial charge in [0.1, 0.15) is 0 Å². The molecule has 3 heteroatoms. The van der Waals surface area contributed by atoms with E-state index < -0.39 is 5.95 Å². The van der Waals surface area contributed by atoms with Gasteiger partial charge in [0.05, 0.1) is 0 Å². The van der Waals surface area contributed by atoms with Crippen molar-refractivity contribution in [2.24, 2.45) is 0 Å². The van der Waals surface area contributed by atoms with Gasteiger partial charge in [-0.25, -0.2) is 4.98 Å². The largest absolute Gasteiger partial charge is 0.341 e. The fraction of sp³-hybridized carbons (Fsp3) is 0.154. The molecule has 3 rings (SSSR count). The van der Waals surface area contributed by atoms with Gasteiger partial charge in [-0.1, -0.05) is 18.2 Å². The fourth-order valence-corrected chi connectivity index (χ4v) is 2.17. The standard InChI is InChI=1S/C13H11FN2/c14-13-9-11(5-7-15-13)16-8-6-10-3-1-2-4-12(10)16/h1-5,7,9H,6,8H2. The van der Waals surface area contributed by atoms with E-state index >= 15 is 0 Å². The molecule has 2 heterocycles. The van der Waals surface area contributed by atoms with Crippen LogP contribution in [0.4, 0.5) is 15.8 Å². The molecule has 0 amide bonds. The SMILES string of the molecule is Fc1cc(N2CCc3ccccc32)ccn1. The van der Waals surface area contributed by atoms with Crippen molar-refractivity contribution in [3.63, 3.8) is 0 Å². The number of hydrogen-bond acceptors (Lipinski definition) is 2. The van der Waals surface area contributed by atoms with Gasteiger partial charge in [-0.3, -0.25) is 0 Å². The second-order valence-electron chi connectivity index (χ2n) is 3.87. The summed E-state index contributed by atoms with van der Waals surface area (Å²) in [5.41, 5.74) is 3.37. The molecule has 80 valence electrons. The number of para-hydroxylation sites is 1. The van der Waals surface area contributed by atoms with E-state index in [4.69, 9.17) is 0 Å². The van der Waals surface area contributed by atoms with Crippen LogP contribution in [0.3, 0.4) is 0 Å². The first-order valence-corrected chi connectivity index (χ1v) is 5.31. The van der Waals surface area contributed by atoms with Crippen molar-refractivity contribution in [3.05, 3.63) is 54.1 Å². The molecule has 0 fully saturated rings. The summed E-state index contributed by atoms with van der Waals surface area (Å²) in [6.45, 7) is 0.906. The van der Waals surface area contributed by atoms with Crippen LogP contribution in [-0.4, -0.2) is 11.5 Å². The minimum absolute atomic E-state index is 0.429. The fourth-order valence-electron chi connectivity index (χ4n) is 2.17. The van der Waals surface area contributed by atoms with Gasteiger partial charge in [-0.05, 0) is 24.1 Å². The third-order valence-electron chi connectivity index (χ3n) is 2.91. The average molecular weight is 214 g/mol. The maximum absolute atomic E-state index is 13.1. The monoisotopic (exact) mass is 214 g/mol. The zero-order valence-corrected chi connectivity index (χ0v) is 8.73. The molecule has 1 aromatic carbocycles. The predicted octanol–water partition coefficient (Wildman–Crippen LogP) is 2.91. The van der Waals surface area contributed by atoms with Crippen LogP contribution in [0.5, 0.6) is 0 Å². The lowest BCUT2D eigenvalue weighted by atomic mass is 10.2. The molecule has 1 aliphatic rings. The molecule has 16 heavy (non-hydrogen) atoms. The molecule has 0 N–H and O–H groups in total. The minimum Gasteiger partial charge on any atom is -0.341 e. The predicted molar refractivity (Wildman–Crippen MR) is 61.3 cm³/mol. The highest BCUT2D eigenvalue weighted by Gasteiger charge is 2.19. The number of halogens is 1. The third kappa shape index (κ3) is 1.45. The van der Waals surface area contributed by atoms with E-state index in [1.54, 1.807) is 0 Å².